The van der Waals surface area contributed by atoms with E-state index in [4.69, 9.17) is 5.73 Å². The van der Waals surface area contributed by atoms with Crippen molar-refractivity contribution >= 4 is 73.5 Å². The zero-order valence-electron chi connectivity index (χ0n) is 5.84. The fourth-order valence-corrected chi connectivity index (χ4v) is 1.16. The van der Waals surface area contributed by atoms with Crippen LogP contribution in [0.2, 0.25) is 4.44 Å². The number of halogens is 3. The first kappa shape index (κ1) is 22.8. The molecule has 0 aromatic heterocycles. The van der Waals surface area contributed by atoms with Crippen LogP contribution < -0.4 is 5.73 Å². The summed E-state index contributed by atoms with van der Waals surface area (Å²) in [5, 5.41) is 0. The van der Waals surface area contributed by atoms with Crippen LogP contribution in [0.1, 0.15) is 19.3 Å². The molecule has 0 saturated heterocycles. The van der Waals surface area contributed by atoms with Gasteiger partial charge in [0, 0.05) is 0 Å². The Balaban J connectivity index is -0.0000000600. The number of nitrogens with two attached hydrogens (primary N) is 1. The van der Waals surface area contributed by atoms with Gasteiger partial charge >= 0.3 is 58.5 Å². The van der Waals surface area contributed by atoms with Gasteiger partial charge in [0.15, 0.2) is 0 Å². The average Bonchev–Trinajstić information content (AvgIpc) is 1.69. The molecule has 10 heavy (non-hydrogen) atoms. The number of hydrogen-bond donors (Lipinski definition) is 1. The van der Waals surface area contributed by atoms with Crippen LogP contribution in [0, 0.1) is 0 Å². The van der Waals surface area contributed by atoms with Crippen LogP contribution in [0.5, 0.6) is 0 Å². The van der Waals surface area contributed by atoms with Gasteiger partial charge in [-0.2, -0.15) is 0 Å². The zero-order chi connectivity index (χ0) is 5.54. The predicted molar refractivity (Wildman–Crippen MR) is 64.4 cm³/mol. The molecule has 0 rings (SSSR count). The summed E-state index contributed by atoms with van der Waals surface area (Å²) in [4.78, 5) is 0. The van der Waals surface area contributed by atoms with Crippen molar-refractivity contribution < 1.29 is 0 Å². The minimum absolute atomic E-state index is 0. The van der Waals surface area contributed by atoms with Crippen molar-refractivity contribution in [3.63, 3.8) is 0 Å². The van der Waals surface area contributed by atoms with Crippen molar-refractivity contribution in [3.05, 3.63) is 0 Å². The molecule has 0 bridgehead atoms. The van der Waals surface area contributed by atoms with Crippen LogP contribution in [-0.4, -0.2) is 29.1 Å². The molecule has 0 spiro atoms. The molecule has 0 saturated carbocycles. The molecule has 1 nitrogen and oxygen atoms in total. The number of unbranched alkanes of at least 4 members (excludes halogenated alkanes) is 2. The van der Waals surface area contributed by atoms with E-state index in [9.17, 15) is 0 Å². The summed E-state index contributed by atoms with van der Waals surface area (Å²) in [6, 6.07) is 0. The van der Waals surface area contributed by atoms with E-state index in [-0.39, 0.29) is 50.9 Å². The Morgan fingerprint density at radius 3 is 1.70 bits per heavy atom. The van der Waals surface area contributed by atoms with Gasteiger partial charge in [-0.1, -0.05) is 0 Å². The molecule has 5 heteroatoms. The Bertz CT molecular complexity index is 36.1. The molecule has 0 fully saturated rings. The molecule has 0 aliphatic carbocycles. The van der Waals surface area contributed by atoms with Crippen LogP contribution in [0.25, 0.3) is 0 Å². The Labute approximate surface area is 108 Å². The van der Waals surface area contributed by atoms with E-state index in [1.165, 1.54) is 23.7 Å². The van der Waals surface area contributed by atoms with E-state index in [1.54, 1.807) is 22.5 Å². The summed E-state index contributed by atoms with van der Waals surface area (Å²) in [7, 11) is 0. The van der Waals surface area contributed by atoms with Crippen LogP contribution in [0.4, 0.5) is 0 Å². The van der Waals surface area contributed by atoms with Gasteiger partial charge in [-0.3, -0.25) is 0 Å². The standard InChI is InChI=1S/C5H12N.3BrH.Sn/c1-2-3-4-5-6;;;;/h1-6H2;3*1H;. The Kier molecular flexibility index (Phi) is 51.2. The summed E-state index contributed by atoms with van der Waals surface area (Å²) in [5.41, 5.74) is 5.28. The second-order valence-corrected chi connectivity index (χ2v) is 3.03. The van der Waals surface area contributed by atoms with E-state index in [1.807, 2.05) is 0 Å². The van der Waals surface area contributed by atoms with Gasteiger partial charge < -0.3 is 0 Å². The summed E-state index contributed by atoms with van der Waals surface area (Å²) in [6.45, 7) is 0.871. The van der Waals surface area contributed by atoms with Gasteiger partial charge in [-0.05, 0) is 0 Å². The third-order valence-electron chi connectivity index (χ3n) is 0.881. The molecule has 0 aliphatic heterocycles. The molecular formula is C5H15Br3NSn. The van der Waals surface area contributed by atoms with Crippen LogP contribution in [-0.2, 0) is 0 Å². The molecule has 0 aromatic carbocycles. The minimum atomic E-state index is 0. The monoisotopic (exact) mass is 446 g/mol. The molecule has 0 heterocycles. The molecule has 0 amide bonds. The number of rotatable bonds is 4. The first-order valence-corrected chi connectivity index (χ1v) is 4.78. The summed E-state index contributed by atoms with van der Waals surface area (Å²) < 4.78 is 1.40. The van der Waals surface area contributed by atoms with Crippen molar-refractivity contribution in [2.75, 3.05) is 6.54 Å². The molecular weight excluding hydrogens is 432 g/mol. The van der Waals surface area contributed by atoms with Gasteiger partial charge in [0.05, 0.1) is 0 Å². The van der Waals surface area contributed by atoms with Gasteiger partial charge in [0.1, 0.15) is 0 Å². The number of hydrogen-bond acceptors (Lipinski definition) is 1. The Hall–Kier alpha value is 2.20. The van der Waals surface area contributed by atoms with Crippen molar-refractivity contribution in [3.8, 4) is 0 Å². The Morgan fingerprint density at radius 1 is 0.900 bits per heavy atom. The van der Waals surface area contributed by atoms with Gasteiger partial charge in [0.25, 0.3) is 0 Å². The fraction of sp³-hybridized carbons (Fsp3) is 1.00. The first-order valence-electron chi connectivity index (χ1n) is 2.76. The summed E-state index contributed by atoms with van der Waals surface area (Å²) in [5.74, 6) is 0. The van der Waals surface area contributed by atoms with Crippen molar-refractivity contribution in [2.45, 2.75) is 23.7 Å². The molecule has 3 radical (unpaired) electrons. The molecule has 0 aliphatic rings. The predicted octanol–water partition coefficient (Wildman–Crippen LogP) is 2.44. The van der Waals surface area contributed by atoms with E-state index < -0.39 is 0 Å². The van der Waals surface area contributed by atoms with Gasteiger partial charge in [-0.25, -0.2) is 0 Å². The normalized spacial score (nSPS) is 6.60. The quantitative estimate of drug-likeness (QED) is 0.520. The van der Waals surface area contributed by atoms with Crippen molar-refractivity contribution in [1.29, 1.82) is 0 Å². The van der Waals surface area contributed by atoms with E-state index in [2.05, 4.69) is 0 Å². The van der Waals surface area contributed by atoms with Crippen LogP contribution in [0.15, 0.2) is 0 Å². The van der Waals surface area contributed by atoms with Crippen molar-refractivity contribution in [2.24, 2.45) is 5.73 Å². The average molecular weight is 448 g/mol. The maximum absolute atomic E-state index is 5.28. The SMILES string of the molecule is Br.Br.Br.NCCCC[CH2][Sn]. The third-order valence-corrected chi connectivity index (χ3v) is 1.89. The topological polar surface area (TPSA) is 26.0 Å². The first-order chi connectivity index (χ1) is 3.41. The zero-order valence-corrected chi connectivity index (χ0v) is 13.8. The van der Waals surface area contributed by atoms with E-state index >= 15 is 0 Å². The summed E-state index contributed by atoms with van der Waals surface area (Å²) in [6.07, 6.45) is 3.94. The van der Waals surface area contributed by atoms with Gasteiger partial charge in [0.2, 0.25) is 0 Å². The second-order valence-electron chi connectivity index (χ2n) is 1.60. The second kappa shape index (κ2) is 22.5. The van der Waals surface area contributed by atoms with E-state index in [0.717, 1.165) is 6.54 Å². The van der Waals surface area contributed by atoms with Crippen molar-refractivity contribution in [1.82, 2.24) is 0 Å². The Morgan fingerprint density at radius 2 is 1.40 bits per heavy atom. The summed E-state index contributed by atoms with van der Waals surface area (Å²) >= 11 is 1.66. The van der Waals surface area contributed by atoms with Crippen LogP contribution >= 0.6 is 50.9 Å². The molecule has 2 N–H and O–H groups in total. The third kappa shape index (κ3) is 22.5. The molecule has 0 atom stereocenters. The fourth-order valence-electron chi connectivity index (χ4n) is 0.446. The van der Waals surface area contributed by atoms with E-state index in [0.29, 0.717) is 0 Å². The van der Waals surface area contributed by atoms with Crippen LogP contribution in [0.3, 0.4) is 0 Å². The van der Waals surface area contributed by atoms with Gasteiger partial charge in [-0.15, -0.1) is 50.9 Å². The molecule has 0 aromatic rings. The molecule has 0 unspecified atom stereocenters. The molecule has 65 valence electrons. The maximum atomic E-state index is 5.28.